The molecular weight excluding hydrogens is 288 g/mol. The summed E-state index contributed by atoms with van der Waals surface area (Å²) >= 11 is 0. The fourth-order valence-corrected chi connectivity index (χ4v) is 1.99. The van der Waals surface area contributed by atoms with Gasteiger partial charge in [0.25, 0.3) is 0 Å². The molecule has 0 aliphatic heterocycles. The van der Waals surface area contributed by atoms with Crippen LogP contribution >= 0.6 is 0 Å². The molecular formula is C15H28N2O5. The molecule has 0 spiro atoms. The number of carboxylic acid groups (broad SMARTS) is 1. The molecule has 0 bridgehead atoms. The predicted octanol–water partition coefficient (Wildman–Crippen LogP) is 1.15. The number of esters is 1. The molecule has 0 saturated heterocycles. The molecule has 0 aromatic rings. The third-order valence-electron chi connectivity index (χ3n) is 3.14. The van der Waals surface area contributed by atoms with Gasteiger partial charge in [-0.3, -0.25) is 14.4 Å². The Hall–Kier alpha value is -1.63. The molecule has 22 heavy (non-hydrogen) atoms. The first-order chi connectivity index (χ1) is 10.5. The van der Waals surface area contributed by atoms with Gasteiger partial charge in [-0.25, -0.2) is 0 Å². The molecule has 128 valence electrons. The largest absolute Gasteiger partial charge is 0.481 e. The minimum atomic E-state index is -0.856. The van der Waals surface area contributed by atoms with Gasteiger partial charge in [-0.15, -0.1) is 0 Å². The first-order valence-electron chi connectivity index (χ1n) is 7.86. The molecule has 0 heterocycles. The lowest BCUT2D eigenvalue weighted by Crippen LogP contribution is -2.37. The molecule has 0 fully saturated rings. The number of nitrogens with two attached hydrogens (primary N) is 1. The second-order valence-corrected chi connectivity index (χ2v) is 5.07. The minimum absolute atomic E-state index is 0.0674. The summed E-state index contributed by atoms with van der Waals surface area (Å²) in [4.78, 5) is 35.6. The summed E-state index contributed by atoms with van der Waals surface area (Å²) in [6.45, 7) is 2.90. The molecule has 0 aromatic heterocycles. The third kappa shape index (κ3) is 11.1. The molecule has 0 aliphatic rings. The Kier molecular flexibility index (Phi) is 12.1. The number of amides is 1. The monoisotopic (exact) mass is 316 g/mol. The second-order valence-electron chi connectivity index (χ2n) is 5.07. The van der Waals surface area contributed by atoms with Gasteiger partial charge in [0.15, 0.2) is 0 Å². The van der Waals surface area contributed by atoms with Crippen LogP contribution in [0, 0.1) is 0 Å². The Bertz CT molecular complexity index is 347. The average Bonchev–Trinajstić information content (AvgIpc) is 2.46. The normalized spacial score (nSPS) is 10.3. The average molecular weight is 316 g/mol. The van der Waals surface area contributed by atoms with Crippen molar-refractivity contribution in [2.45, 2.75) is 51.9 Å². The maximum atomic E-state index is 12.1. The second kappa shape index (κ2) is 13.1. The maximum absolute atomic E-state index is 12.1. The van der Waals surface area contributed by atoms with E-state index in [1.165, 1.54) is 4.90 Å². The lowest BCUT2D eigenvalue weighted by atomic mass is 10.1. The molecule has 7 nitrogen and oxygen atoms in total. The van der Waals surface area contributed by atoms with Crippen LogP contribution in [0.2, 0.25) is 0 Å². The number of ether oxygens (including phenoxy) is 1. The van der Waals surface area contributed by atoms with Crippen LogP contribution in [-0.2, 0) is 19.1 Å². The summed E-state index contributed by atoms with van der Waals surface area (Å²) in [6, 6.07) is 0. The molecule has 0 atom stereocenters. The van der Waals surface area contributed by atoms with Crippen molar-refractivity contribution in [3.05, 3.63) is 0 Å². The van der Waals surface area contributed by atoms with Crippen LogP contribution < -0.4 is 5.73 Å². The van der Waals surface area contributed by atoms with Crippen molar-refractivity contribution >= 4 is 17.8 Å². The number of carbonyl (C=O) groups excluding carboxylic acids is 2. The Morgan fingerprint density at radius 3 is 2.32 bits per heavy atom. The lowest BCUT2D eigenvalue weighted by molar-refractivity contribution is -0.149. The molecule has 0 radical (unpaired) electrons. The highest BCUT2D eigenvalue weighted by atomic mass is 16.5. The van der Waals surface area contributed by atoms with Crippen LogP contribution in [0.25, 0.3) is 0 Å². The van der Waals surface area contributed by atoms with Gasteiger partial charge in [-0.1, -0.05) is 6.42 Å². The van der Waals surface area contributed by atoms with E-state index in [4.69, 9.17) is 15.6 Å². The van der Waals surface area contributed by atoms with Gasteiger partial charge >= 0.3 is 11.9 Å². The topological polar surface area (TPSA) is 110 Å². The van der Waals surface area contributed by atoms with Crippen LogP contribution in [0.5, 0.6) is 0 Å². The van der Waals surface area contributed by atoms with E-state index in [2.05, 4.69) is 0 Å². The van der Waals surface area contributed by atoms with Gasteiger partial charge in [0, 0.05) is 19.4 Å². The summed E-state index contributed by atoms with van der Waals surface area (Å²) < 4.78 is 4.87. The highest BCUT2D eigenvalue weighted by Gasteiger charge is 2.17. The lowest BCUT2D eigenvalue weighted by Gasteiger charge is -2.21. The standard InChI is InChI=1S/C15H28N2O5/c1-2-22-15(21)12-17(11-7-5-9-14(19)20)13(18)8-4-3-6-10-16/h2-12,16H2,1H3,(H,19,20). The molecule has 0 aromatic carbocycles. The van der Waals surface area contributed by atoms with E-state index < -0.39 is 11.9 Å². The molecule has 7 heteroatoms. The van der Waals surface area contributed by atoms with Crippen LogP contribution in [0.15, 0.2) is 0 Å². The first kappa shape index (κ1) is 20.4. The van der Waals surface area contributed by atoms with E-state index in [1.54, 1.807) is 6.92 Å². The number of aliphatic carboxylic acids is 1. The van der Waals surface area contributed by atoms with Gasteiger partial charge in [-0.2, -0.15) is 0 Å². The number of nitrogens with zero attached hydrogens (tertiary/aromatic N) is 1. The van der Waals surface area contributed by atoms with Crippen LogP contribution in [0.4, 0.5) is 0 Å². The Morgan fingerprint density at radius 1 is 1.05 bits per heavy atom. The molecule has 3 N–H and O–H groups in total. The zero-order valence-corrected chi connectivity index (χ0v) is 13.4. The van der Waals surface area contributed by atoms with Crippen LogP contribution in [-0.4, -0.2) is 54.1 Å². The quantitative estimate of drug-likeness (QED) is 0.389. The van der Waals surface area contributed by atoms with E-state index in [0.717, 1.165) is 19.3 Å². The highest BCUT2D eigenvalue weighted by Crippen LogP contribution is 2.06. The first-order valence-corrected chi connectivity index (χ1v) is 7.86. The molecule has 0 aliphatic carbocycles. The zero-order chi connectivity index (χ0) is 16.8. The Morgan fingerprint density at radius 2 is 1.73 bits per heavy atom. The number of carboxylic acids is 1. The molecule has 0 saturated carbocycles. The van der Waals surface area contributed by atoms with E-state index in [1.807, 2.05) is 0 Å². The van der Waals surface area contributed by atoms with Crippen LogP contribution in [0.3, 0.4) is 0 Å². The van der Waals surface area contributed by atoms with Gasteiger partial charge in [-0.05, 0) is 39.2 Å². The molecule has 0 rings (SSSR count). The SMILES string of the molecule is CCOC(=O)CN(CCCCC(=O)O)C(=O)CCCCCN. The number of unbranched alkanes of at least 4 members (excludes halogenated alkanes) is 3. The van der Waals surface area contributed by atoms with E-state index in [-0.39, 0.29) is 25.5 Å². The van der Waals surface area contributed by atoms with Crippen molar-refractivity contribution in [3.63, 3.8) is 0 Å². The van der Waals surface area contributed by atoms with Crippen molar-refractivity contribution in [2.75, 3.05) is 26.2 Å². The fourth-order valence-electron chi connectivity index (χ4n) is 1.99. The van der Waals surface area contributed by atoms with Crippen molar-refractivity contribution in [3.8, 4) is 0 Å². The highest BCUT2D eigenvalue weighted by molar-refractivity contribution is 5.82. The Balaban J connectivity index is 4.27. The number of hydrogen-bond acceptors (Lipinski definition) is 5. The summed E-state index contributed by atoms with van der Waals surface area (Å²) in [7, 11) is 0. The Labute approximate surface area is 131 Å². The summed E-state index contributed by atoms with van der Waals surface area (Å²) in [5.74, 6) is -1.39. The number of hydrogen-bond donors (Lipinski definition) is 2. The zero-order valence-electron chi connectivity index (χ0n) is 13.4. The van der Waals surface area contributed by atoms with Gasteiger partial charge in [0.1, 0.15) is 6.54 Å². The maximum Gasteiger partial charge on any atom is 0.325 e. The van der Waals surface area contributed by atoms with E-state index >= 15 is 0 Å². The van der Waals surface area contributed by atoms with E-state index in [9.17, 15) is 14.4 Å². The van der Waals surface area contributed by atoms with Crippen molar-refractivity contribution in [1.29, 1.82) is 0 Å². The van der Waals surface area contributed by atoms with Gasteiger partial charge in [0.2, 0.25) is 5.91 Å². The summed E-state index contributed by atoms with van der Waals surface area (Å²) in [5.41, 5.74) is 5.41. The van der Waals surface area contributed by atoms with Gasteiger partial charge < -0.3 is 20.5 Å². The smallest absolute Gasteiger partial charge is 0.325 e. The summed E-state index contributed by atoms with van der Waals surface area (Å²) in [5, 5.41) is 8.61. The number of rotatable bonds is 13. The van der Waals surface area contributed by atoms with Crippen molar-refractivity contribution < 1.29 is 24.2 Å². The fraction of sp³-hybridized carbons (Fsp3) is 0.800. The predicted molar refractivity (Wildman–Crippen MR) is 82.2 cm³/mol. The molecule has 0 unspecified atom stereocenters. The van der Waals surface area contributed by atoms with E-state index in [0.29, 0.717) is 32.4 Å². The van der Waals surface area contributed by atoms with Crippen LogP contribution in [0.1, 0.15) is 51.9 Å². The van der Waals surface area contributed by atoms with Gasteiger partial charge in [0.05, 0.1) is 6.61 Å². The van der Waals surface area contributed by atoms with Crippen molar-refractivity contribution in [2.24, 2.45) is 5.73 Å². The summed E-state index contributed by atoms with van der Waals surface area (Å²) in [6.07, 6.45) is 3.98. The molecule has 1 amide bonds. The third-order valence-corrected chi connectivity index (χ3v) is 3.14. The number of carbonyl (C=O) groups is 3. The van der Waals surface area contributed by atoms with Crippen molar-refractivity contribution in [1.82, 2.24) is 4.90 Å². The minimum Gasteiger partial charge on any atom is -0.481 e.